The van der Waals surface area contributed by atoms with Gasteiger partial charge in [-0.25, -0.2) is 0 Å². The molecular formula is C29H33N3O. The topological polar surface area (TPSA) is 50.8 Å². The summed E-state index contributed by atoms with van der Waals surface area (Å²) in [5, 5.41) is 3.71. The van der Waals surface area contributed by atoms with Gasteiger partial charge in [0.2, 0.25) is 0 Å². The van der Waals surface area contributed by atoms with Crippen LogP contribution in [0.5, 0.6) is 5.75 Å². The number of rotatable bonds is 9. The van der Waals surface area contributed by atoms with Crippen LogP contribution in [0.15, 0.2) is 84.0 Å². The first-order valence-corrected chi connectivity index (χ1v) is 11.9. The molecule has 0 saturated carbocycles. The van der Waals surface area contributed by atoms with Crippen molar-refractivity contribution < 1.29 is 4.74 Å². The van der Waals surface area contributed by atoms with Crippen molar-refractivity contribution in [2.45, 2.75) is 26.2 Å². The van der Waals surface area contributed by atoms with Gasteiger partial charge in [-0.05, 0) is 84.0 Å². The van der Waals surface area contributed by atoms with Gasteiger partial charge in [0, 0.05) is 6.54 Å². The molecule has 3 aromatic rings. The van der Waals surface area contributed by atoms with Gasteiger partial charge in [0.1, 0.15) is 12.4 Å². The number of benzene rings is 3. The molecule has 3 aromatic carbocycles. The van der Waals surface area contributed by atoms with Gasteiger partial charge < -0.3 is 10.6 Å². The van der Waals surface area contributed by atoms with Gasteiger partial charge in [0.05, 0.1) is 6.21 Å². The van der Waals surface area contributed by atoms with Crippen molar-refractivity contribution in [3.8, 4) is 5.75 Å². The predicted octanol–water partition coefficient (Wildman–Crippen LogP) is 5.82. The Hall–Kier alpha value is -3.37. The first-order chi connectivity index (χ1) is 16.3. The molecule has 1 saturated heterocycles. The lowest BCUT2D eigenvalue weighted by Crippen LogP contribution is -2.25. The fraction of sp³-hybridized carbons (Fsp3) is 0.276. The highest BCUT2D eigenvalue weighted by Crippen LogP contribution is 2.35. The zero-order valence-electron chi connectivity index (χ0n) is 19.4. The lowest BCUT2D eigenvalue weighted by Gasteiger charge is -2.18. The SMILES string of the molecule is CC/C(=C(/c1ccc(OCCN2CCCC2)cc1)c1cccc(/C=N\N)c1)c1ccccc1. The van der Waals surface area contributed by atoms with Crippen molar-refractivity contribution in [3.63, 3.8) is 0 Å². The molecule has 1 aliphatic rings. The summed E-state index contributed by atoms with van der Waals surface area (Å²) >= 11 is 0. The van der Waals surface area contributed by atoms with E-state index in [1.807, 2.05) is 6.07 Å². The number of nitrogens with two attached hydrogens (primary N) is 1. The third-order valence-corrected chi connectivity index (χ3v) is 6.19. The zero-order valence-corrected chi connectivity index (χ0v) is 19.4. The number of hydrogen-bond acceptors (Lipinski definition) is 4. The molecule has 0 amide bonds. The van der Waals surface area contributed by atoms with Crippen LogP contribution in [0.4, 0.5) is 0 Å². The summed E-state index contributed by atoms with van der Waals surface area (Å²) < 4.78 is 6.04. The Bertz CT molecular complexity index is 1080. The molecule has 4 heteroatoms. The van der Waals surface area contributed by atoms with Crippen LogP contribution in [-0.2, 0) is 0 Å². The smallest absolute Gasteiger partial charge is 0.119 e. The van der Waals surface area contributed by atoms with Crippen LogP contribution in [0.25, 0.3) is 11.1 Å². The summed E-state index contributed by atoms with van der Waals surface area (Å²) in [5.41, 5.74) is 7.07. The van der Waals surface area contributed by atoms with E-state index < -0.39 is 0 Å². The van der Waals surface area contributed by atoms with Crippen LogP contribution in [0, 0.1) is 0 Å². The molecule has 0 unspecified atom stereocenters. The highest BCUT2D eigenvalue weighted by molar-refractivity contribution is 5.99. The molecule has 1 heterocycles. The van der Waals surface area contributed by atoms with Crippen molar-refractivity contribution in [1.82, 2.24) is 4.90 Å². The largest absolute Gasteiger partial charge is 0.492 e. The number of allylic oxidation sites excluding steroid dienone is 1. The van der Waals surface area contributed by atoms with Crippen LogP contribution >= 0.6 is 0 Å². The van der Waals surface area contributed by atoms with Gasteiger partial charge in [-0.1, -0.05) is 67.6 Å². The van der Waals surface area contributed by atoms with Crippen molar-refractivity contribution in [2.75, 3.05) is 26.2 Å². The van der Waals surface area contributed by atoms with Gasteiger partial charge in [-0.2, -0.15) is 5.10 Å². The van der Waals surface area contributed by atoms with E-state index in [2.05, 4.69) is 89.7 Å². The van der Waals surface area contributed by atoms with Gasteiger partial charge in [-0.3, -0.25) is 4.90 Å². The first kappa shape index (κ1) is 22.8. The average molecular weight is 440 g/mol. The minimum Gasteiger partial charge on any atom is -0.492 e. The Kier molecular flexibility index (Phi) is 7.94. The van der Waals surface area contributed by atoms with E-state index in [4.69, 9.17) is 10.6 Å². The molecule has 0 aliphatic carbocycles. The van der Waals surface area contributed by atoms with Crippen LogP contribution in [-0.4, -0.2) is 37.4 Å². The van der Waals surface area contributed by atoms with Crippen molar-refractivity contribution >= 4 is 17.4 Å². The summed E-state index contributed by atoms with van der Waals surface area (Å²) in [7, 11) is 0. The second-order valence-electron chi connectivity index (χ2n) is 8.40. The molecule has 170 valence electrons. The molecule has 0 atom stereocenters. The molecule has 0 bridgehead atoms. The molecule has 0 aromatic heterocycles. The fourth-order valence-corrected chi connectivity index (χ4v) is 4.56. The monoisotopic (exact) mass is 439 g/mol. The summed E-state index contributed by atoms with van der Waals surface area (Å²) in [5.74, 6) is 6.33. The number of hydrogen-bond donors (Lipinski definition) is 1. The van der Waals surface area contributed by atoms with E-state index in [0.29, 0.717) is 0 Å². The first-order valence-electron chi connectivity index (χ1n) is 11.9. The standard InChI is InChI=1S/C29H33N3O/c1-2-28(24-10-4-3-5-11-24)29(26-12-8-9-23(21-26)22-31-30)25-13-15-27(16-14-25)33-20-19-32-17-6-7-18-32/h3-5,8-16,21-22H,2,6-7,17-20,30H2,1H3/b29-28+,31-22-. The van der Waals surface area contributed by atoms with Crippen molar-refractivity contribution in [3.05, 3.63) is 101 Å². The molecule has 1 fully saturated rings. The average Bonchev–Trinajstić information content (AvgIpc) is 3.38. The lowest BCUT2D eigenvalue weighted by molar-refractivity contribution is 0.238. The Morgan fingerprint density at radius 3 is 2.33 bits per heavy atom. The maximum Gasteiger partial charge on any atom is 0.119 e. The van der Waals surface area contributed by atoms with E-state index in [9.17, 15) is 0 Å². The van der Waals surface area contributed by atoms with Crippen molar-refractivity contribution in [2.24, 2.45) is 10.9 Å². The predicted molar refractivity (Wildman–Crippen MR) is 138 cm³/mol. The zero-order chi connectivity index (χ0) is 22.9. The van der Waals surface area contributed by atoms with E-state index in [-0.39, 0.29) is 0 Å². The highest BCUT2D eigenvalue weighted by atomic mass is 16.5. The van der Waals surface area contributed by atoms with Gasteiger partial charge >= 0.3 is 0 Å². The second kappa shape index (κ2) is 11.5. The van der Waals surface area contributed by atoms with Crippen LogP contribution in [0.3, 0.4) is 0 Å². The van der Waals surface area contributed by atoms with E-state index in [1.54, 1.807) is 6.21 Å². The quantitative estimate of drug-likeness (QED) is 0.198. The number of ether oxygens (including phenoxy) is 1. The molecule has 2 N–H and O–H groups in total. The molecule has 0 spiro atoms. The van der Waals surface area contributed by atoms with E-state index in [0.717, 1.165) is 36.4 Å². The molecule has 0 radical (unpaired) electrons. The summed E-state index contributed by atoms with van der Waals surface area (Å²) in [4.78, 5) is 2.47. The number of nitrogens with zero attached hydrogens (tertiary/aromatic N) is 2. The van der Waals surface area contributed by atoms with Crippen LogP contribution in [0.2, 0.25) is 0 Å². The van der Waals surface area contributed by atoms with E-state index in [1.165, 1.54) is 48.2 Å². The third-order valence-electron chi connectivity index (χ3n) is 6.19. The second-order valence-corrected chi connectivity index (χ2v) is 8.40. The highest BCUT2D eigenvalue weighted by Gasteiger charge is 2.14. The minimum atomic E-state index is 0.729. The van der Waals surface area contributed by atoms with Crippen LogP contribution in [0.1, 0.15) is 48.4 Å². The fourth-order valence-electron chi connectivity index (χ4n) is 4.56. The minimum absolute atomic E-state index is 0.729. The molecule has 4 rings (SSSR count). The molecule has 4 nitrogen and oxygen atoms in total. The van der Waals surface area contributed by atoms with Crippen molar-refractivity contribution in [1.29, 1.82) is 0 Å². The maximum absolute atomic E-state index is 6.04. The van der Waals surface area contributed by atoms with Crippen LogP contribution < -0.4 is 10.6 Å². The summed E-state index contributed by atoms with van der Waals surface area (Å²) in [6.45, 7) is 6.33. The van der Waals surface area contributed by atoms with Gasteiger partial charge in [0.25, 0.3) is 0 Å². The van der Waals surface area contributed by atoms with Gasteiger partial charge in [0.15, 0.2) is 0 Å². The Morgan fingerprint density at radius 1 is 0.909 bits per heavy atom. The Labute approximate surface area is 197 Å². The normalized spacial score (nSPS) is 15.1. The maximum atomic E-state index is 6.04. The summed E-state index contributed by atoms with van der Waals surface area (Å²) in [6, 6.07) is 27.5. The van der Waals surface area contributed by atoms with Gasteiger partial charge in [-0.15, -0.1) is 0 Å². The number of hydrazone groups is 1. The number of likely N-dealkylation sites (tertiary alicyclic amines) is 1. The van der Waals surface area contributed by atoms with E-state index >= 15 is 0 Å². The third kappa shape index (κ3) is 5.91. The summed E-state index contributed by atoms with van der Waals surface area (Å²) in [6.07, 6.45) is 5.22. The lowest BCUT2D eigenvalue weighted by atomic mass is 9.87. The Balaban J connectivity index is 1.66. The molecule has 1 aliphatic heterocycles. The molecule has 33 heavy (non-hydrogen) atoms. The molecular weight excluding hydrogens is 406 g/mol. The Morgan fingerprint density at radius 2 is 1.64 bits per heavy atom.